The Bertz CT molecular complexity index is 1000. The number of tetrazole rings is 1. The van der Waals surface area contributed by atoms with Crippen LogP contribution in [0.25, 0.3) is 5.69 Å². The first-order chi connectivity index (χ1) is 11.4. The molecule has 3 rings (SSSR count). The number of rotatable bonds is 4. The maximum absolute atomic E-state index is 12.6. The Morgan fingerprint density at radius 3 is 2.62 bits per heavy atom. The van der Waals surface area contributed by atoms with Gasteiger partial charge in [-0.2, -0.15) is 4.68 Å². The Labute approximate surface area is 144 Å². The highest BCUT2D eigenvalue weighted by molar-refractivity contribution is 7.92. The van der Waals surface area contributed by atoms with Gasteiger partial charge in [0.15, 0.2) is 5.82 Å². The van der Waals surface area contributed by atoms with Crippen molar-refractivity contribution in [1.82, 2.24) is 20.2 Å². The van der Waals surface area contributed by atoms with Gasteiger partial charge in [0, 0.05) is 5.02 Å². The SMILES string of the molecule is Cc1ccc(Cl)cc1S(=O)(=O)Nc1cccc(-n2nnnc2C)c1. The van der Waals surface area contributed by atoms with E-state index in [1.54, 1.807) is 50.2 Å². The summed E-state index contributed by atoms with van der Waals surface area (Å²) in [7, 11) is -3.76. The van der Waals surface area contributed by atoms with Crippen LogP contribution in [-0.4, -0.2) is 28.6 Å². The van der Waals surface area contributed by atoms with E-state index in [1.807, 2.05) is 0 Å². The highest BCUT2D eigenvalue weighted by Gasteiger charge is 2.18. The number of sulfonamides is 1. The second kappa shape index (κ2) is 6.21. The predicted molar refractivity (Wildman–Crippen MR) is 90.9 cm³/mol. The number of aryl methyl sites for hydroxylation is 2. The Hall–Kier alpha value is -2.45. The fraction of sp³-hybridized carbons (Fsp3) is 0.133. The summed E-state index contributed by atoms with van der Waals surface area (Å²) >= 11 is 5.92. The van der Waals surface area contributed by atoms with E-state index in [0.29, 0.717) is 27.8 Å². The fourth-order valence-electron chi connectivity index (χ4n) is 2.24. The average Bonchev–Trinajstić information content (AvgIpc) is 2.95. The number of hydrogen-bond acceptors (Lipinski definition) is 5. The van der Waals surface area contributed by atoms with E-state index in [9.17, 15) is 8.42 Å². The molecule has 124 valence electrons. The maximum atomic E-state index is 12.6. The van der Waals surface area contributed by atoms with E-state index in [4.69, 9.17) is 11.6 Å². The Balaban J connectivity index is 1.96. The monoisotopic (exact) mass is 363 g/mol. The molecule has 0 fully saturated rings. The summed E-state index contributed by atoms with van der Waals surface area (Å²) in [5, 5.41) is 11.6. The van der Waals surface area contributed by atoms with E-state index in [2.05, 4.69) is 20.2 Å². The van der Waals surface area contributed by atoms with Crippen molar-refractivity contribution in [3.8, 4) is 5.69 Å². The number of aromatic nitrogens is 4. The number of benzene rings is 2. The molecule has 0 aliphatic carbocycles. The minimum atomic E-state index is -3.76. The minimum absolute atomic E-state index is 0.138. The first kappa shape index (κ1) is 16.4. The van der Waals surface area contributed by atoms with Gasteiger partial charge in [-0.1, -0.05) is 23.7 Å². The summed E-state index contributed by atoms with van der Waals surface area (Å²) in [4.78, 5) is 0.138. The molecule has 0 radical (unpaired) electrons. The number of halogens is 1. The van der Waals surface area contributed by atoms with E-state index < -0.39 is 10.0 Å². The molecule has 1 aromatic heterocycles. The van der Waals surface area contributed by atoms with Crippen molar-refractivity contribution in [2.24, 2.45) is 0 Å². The lowest BCUT2D eigenvalue weighted by Crippen LogP contribution is -2.14. The van der Waals surface area contributed by atoms with Crippen LogP contribution in [-0.2, 0) is 10.0 Å². The summed E-state index contributed by atoms with van der Waals surface area (Å²) in [5.41, 5.74) is 1.67. The molecular weight excluding hydrogens is 350 g/mol. The molecule has 0 saturated carbocycles. The van der Waals surface area contributed by atoms with Crippen LogP contribution < -0.4 is 4.72 Å². The van der Waals surface area contributed by atoms with Gasteiger partial charge in [-0.3, -0.25) is 4.72 Å². The van der Waals surface area contributed by atoms with Gasteiger partial charge in [0.1, 0.15) is 0 Å². The van der Waals surface area contributed by atoms with Crippen molar-refractivity contribution in [3.05, 3.63) is 58.9 Å². The average molecular weight is 364 g/mol. The topological polar surface area (TPSA) is 89.8 Å². The molecule has 0 aliphatic rings. The summed E-state index contributed by atoms with van der Waals surface area (Å²) in [5.74, 6) is 0.598. The van der Waals surface area contributed by atoms with Gasteiger partial charge in [0.25, 0.3) is 10.0 Å². The standard InChI is InChI=1S/C15H14ClN5O2S/c1-10-6-7-12(16)8-15(10)24(22,23)18-13-4-3-5-14(9-13)21-11(2)17-19-20-21/h3-9,18H,1-2H3. The summed E-state index contributed by atoms with van der Waals surface area (Å²) in [6, 6.07) is 11.6. The molecule has 0 saturated heterocycles. The molecule has 0 unspecified atom stereocenters. The molecule has 1 N–H and O–H groups in total. The fourth-order valence-corrected chi connectivity index (χ4v) is 3.80. The Kier molecular flexibility index (Phi) is 4.25. The van der Waals surface area contributed by atoms with Crippen LogP contribution >= 0.6 is 11.6 Å². The molecule has 0 aliphatic heterocycles. The zero-order valence-electron chi connectivity index (χ0n) is 12.9. The molecule has 9 heteroatoms. The number of nitrogens with zero attached hydrogens (tertiary/aromatic N) is 4. The first-order valence-electron chi connectivity index (χ1n) is 7.01. The van der Waals surface area contributed by atoms with Gasteiger partial charge < -0.3 is 0 Å². The van der Waals surface area contributed by atoms with Gasteiger partial charge in [0.05, 0.1) is 16.3 Å². The van der Waals surface area contributed by atoms with Crippen LogP contribution in [0.2, 0.25) is 5.02 Å². The van der Waals surface area contributed by atoms with Crippen molar-refractivity contribution in [2.45, 2.75) is 18.7 Å². The molecule has 1 heterocycles. The van der Waals surface area contributed by atoms with E-state index in [0.717, 1.165) is 0 Å². The molecule has 3 aromatic rings. The number of anilines is 1. The van der Waals surface area contributed by atoms with Crippen LogP contribution in [0.3, 0.4) is 0 Å². The molecular formula is C15H14ClN5O2S. The zero-order valence-corrected chi connectivity index (χ0v) is 14.5. The van der Waals surface area contributed by atoms with Crippen molar-refractivity contribution < 1.29 is 8.42 Å². The molecule has 0 amide bonds. The van der Waals surface area contributed by atoms with Gasteiger partial charge in [0.2, 0.25) is 0 Å². The minimum Gasteiger partial charge on any atom is -0.280 e. The summed E-state index contributed by atoms with van der Waals surface area (Å²) < 4.78 is 29.3. The molecule has 2 aromatic carbocycles. The lowest BCUT2D eigenvalue weighted by Gasteiger charge is -2.12. The van der Waals surface area contributed by atoms with E-state index >= 15 is 0 Å². The highest BCUT2D eigenvalue weighted by Crippen LogP contribution is 2.23. The van der Waals surface area contributed by atoms with E-state index in [-0.39, 0.29) is 4.90 Å². The van der Waals surface area contributed by atoms with Gasteiger partial charge in [-0.05, 0) is 60.2 Å². The Morgan fingerprint density at radius 1 is 1.12 bits per heavy atom. The molecule has 0 atom stereocenters. The second-order valence-corrected chi connectivity index (χ2v) is 7.29. The van der Waals surface area contributed by atoms with Gasteiger partial charge in [-0.15, -0.1) is 5.10 Å². The molecule has 0 spiro atoms. The van der Waals surface area contributed by atoms with Gasteiger partial charge >= 0.3 is 0 Å². The van der Waals surface area contributed by atoms with Crippen LogP contribution in [0.4, 0.5) is 5.69 Å². The third kappa shape index (κ3) is 3.24. The lowest BCUT2D eigenvalue weighted by atomic mass is 10.2. The van der Waals surface area contributed by atoms with Crippen LogP contribution in [0, 0.1) is 13.8 Å². The normalized spacial score (nSPS) is 11.5. The second-order valence-electron chi connectivity index (χ2n) is 5.20. The zero-order chi connectivity index (χ0) is 17.3. The van der Waals surface area contributed by atoms with E-state index in [1.165, 1.54) is 10.7 Å². The summed E-state index contributed by atoms with van der Waals surface area (Å²) in [6.07, 6.45) is 0. The van der Waals surface area contributed by atoms with Crippen molar-refractivity contribution in [2.75, 3.05) is 4.72 Å². The largest absolute Gasteiger partial charge is 0.280 e. The maximum Gasteiger partial charge on any atom is 0.262 e. The Morgan fingerprint density at radius 2 is 1.92 bits per heavy atom. The number of hydrogen-bond donors (Lipinski definition) is 1. The third-order valence-corrected chi connectivity index (χ3v) is 5.17. The first-order valence-corrected chi connectivity index (χ1v) is 8.87. The number of nitrogens with one attached hydrogen (secondary N) is 1. The predicted octanol–water partition coefficient (Wildman–Crippen LogP) is 2.73. The van der Waals surface area contributed by atoms with Crippen LogP contribution in [0.1, 0.15) is 11.4 Å². The molecule has 24 heavy (non-hydrogen) atoms. The third-order valence-electron chi connectivity index (χ3n) is 3.41. The summed E-state index contributed by atoms with van der Waals surface area (Å²) in [6.45, 7) is 3.47. The quantitative estimate of drug-likeness (QED) is 0.769. The smallest absolute Gasteiger partial charge is 0.262 e. The lowest BCUT2D eigenvalue weighted by molar-refractivity contribution is 0.600. The van der Waals surface area contributed by atoms with Crippen molar-refractivity contribution >= 4 is 27.3 Å². The van der Waals surface area contributed by atoms with Crippen LogP contribution in [0.5, 0.6) is 0 Å². The molecule has 0 bridgehead atoms. The van der Waals surface area contributed by atoms with Crippen molar-refractivity contribution in [1.29, 1.82) is 0 Å². The van der Waals surface area contributed by atoms with Crippen molar-refractivity contribution in [3.63, 3.8) is 0 Å². The molecule has 7 nitrogen and oxygen atoms in total. The highest BCUT2D eigenvalue weighted by atomic mass is 35.5. The van der Waals surface area contributed by atoms with Crippen LogP contribution in [0.15, 0.2) is 47.4 Å². The van der Waals surface area contributed by atoms with Gasteiger partial charge in [-0.25, -0.2) is 8.42 Å².